The molecule has 1 aromatic heterocycles. The molecule has 0 atom stereocenters. The molecule has 2 saturated heterocycles. The van der Waals surface area contributed by atoms with Crippen molar-refractivity contribution in [3.63, 3.8) is 0 Å². The van der Waals surface area contributed by atoms with Crippen molar-refractivity contribution >= 4 is 17.5 Å². The number of anilines is 2. The fourth-order valence-electron chi connectivity index (χ4n) is 4.65. The molecule has 9 heteroatoms. The molecule has 2 aliphatic rings. The highest BCUT2D eigenvalue weighted by Crippen LogP contribution is 2.22. The summed E-state index contributed by atoms with van der Waals surface area (Å²) in [5, 5.41) is 3.22. The van der Waals surface area contributed by atoms with Crippen LogP contribution in [-0.4, -0.2) is 103 Å². The Labute approximate surface area is 218 Å². The summed E-state index contributed by atoms with van der Waals surface area (Å²) >= 11 is 0. The first-order chi connectivity index (χ1) is 18.2. The number of nitrogens with zero attached hydrogens (tertiary/aromatic N) is 5. The second kappa shape index (κ2) is 12.1. The van der Waals surface area contributed by atoms with Crippen LogP contribution in [0.5, 0.6) is 5.75 Å². The number of hydrogen-bond acceptors (Lipinski definition) is 8. The van der Waals surface area contributed by atoms with Crippen LogP contribution < -0.4 is 10.1 Å². The van der Waals surface area contributed by atoms with E-state index in [0.717, 1.165) is 88.1 Å². The molecular formula is C28H34N6O3. The zero-order chi connectivity index (χ0) is 25.5. The Hall–Kier alpha value is -3.53. The number of benzene rings is 2. The number of ether oxygens (including phenoxy) is 2. The molecule has 0 unspecified atom stereocenters. The number of hydrogen-bond donors (Lipinski definition) is 1. The van der Waals surface area contributed by atoms with Gasteiger partial charge in [-0.05, 0) is 35.9 Å². The summed E-state index contributed by atoms with van der Waals surface area (Å²) in [5.41, 5.74) is 3.39. The fraction of sp³-hybridized carbons (Fsp3) is 0.393. The molecule has 194 valence electrons. The van der Waals surface area contributed by atoms with Gasteiger partial charge in [-0.15, -0.1) is 0 Å². The number of rotatable bonds is 8. The normalized spacial score (nSPS) is 16.9. The van der Waals surface area contributed by atoms with E-state index in [0.29, 0.717) is 11.5 Å². The molecule has 5 rings (SSSR count). The van der Waals surface area contributed by atoms with Gasteiger partial charge < -0.3 is 19.7 Å². The molecule has 0 spiro atoms. The minimum atomic E-state index is 0.0623. The number of nitrogens with one attached hydrogen (secondary N) is 1. The van der Waals surface area contributed by atoms with Crippen molar-refractivity contribution in [3.8, 4) is 16.9 Å². The van der Waals surface area contributed by atoms with Crippen LogP contribution >= 0.6 is 0 Å². The standard InChI is InChI=1S/C28H34N6O3/c1-36-26-7-5-22(6-8-26)24-20-29-28(30-21-24)31-25-4-2-3-23(19-25)27(35)34-13-11-32(12-14-34)9-10-33-15-17-37-18-16-33/h2-8,19-21H,9-18H2,1H3,(H,29,30,31). The zero-order valence-corrected chi connectivity index (χ0v) is 21.3. The van der Waals surface area contributed by atoms with E-state index < -0.39 is 0 Å². The highest BCUT2D eigenvalue weighted by atomic mass is 16.5. The molecule has 9 nitrogen and oxygen atoms in total. The Morgan fingerprint density at radius 1 is 0.892 bits per heavy atom. The third kappa shape index (κ3) is 6.62. The summed E-state index contributed by atoms with van der Waals surface area (Å²) in [6, 6.07) is 15.3. The van der Waals surface area contributed by atoms with Gasteiger partial charge in [-0.2, -0.15) is 0 Å². The first-order valence-electron chi connectivity index (χ1n) is 12.8. The van der Waals surface area contributed by atoms with Crippen LogP contribution in [0.2, 0.25) is 0 Å². The quantitative estimate of drug-likeness (QED) is 0.504. The Bertz CT molecular complexity index is 1160. The Kier molecular flexibility index (Phi) is 8.25. The predicted octanol–water partition coefficient (Wildman–Crippen LogP) is 2.99. The Balaban J connectivity index is 1.13. The molecule has 2 fully saturated rings. The van der Waals surface area contributed by atoms with Crippen molar-refractivity contribution < 1.29 is 14.3 Å². The number of carbonyl (C=O) groups excluding carboxylic acids is 1. The summed E-state index contributed by atoms with van der Waals surface area (Å²) in [6.45, 7) is 9.10. The maximum Gasteiger partial charge on any atom is 0.254 e. The number of piperazine rings is 1. The van der Waals surface area contributed by atoms with Crippen LogP contribution in [0.25, 0.3) is 11.1 Å². The van der Waals surface area contributed by atoms with Gasteiger partial charge in [-0.25, -0.2) is 9.97 Å². The molecule has 3 aromatic rings. The minimum absolute atomic E-state index is 0.0623. The first kappa shape index (κ1) is 25.1. The molecule has 37 heavy (non-hydrogen) atoms. The third-order valence-corrected chi connectivity index (χ3v) is 6.94. The monoisotopic (exact) mass is 502 g/mol. The van der Waals surface area contributed by atoms with Crippen molar-refractivity contribution in [2.75, 3.05) is 78.0 Å². The maximum atomic E-state index is 13.2. The van der Waals surface area contributed by atoms with E-state index in [2.05, 4.69) is 25.1 Å². The van der Waals surface area contributed by atoms with E-state index in [1.165, 1.54) is 0 Å². The van der Waals surface area contributed by atoms with E-state index in [4.69, 9.17) is 9.47 Å². The first-order valence-corrected chi connectivity index (χ1v) is 12.8. The largest absolute Gasteiger partial charge is 0.497 e. The molecule has 1 N–H and O–H groups in total. The fourth-order valence-corrected chi connectivity index (χ4v) is 4.65. The number of carbonyl (C=O) groups is 1. The predicted molar refractivity (Wildman–Crippen MR) is 143 cm³/mol. The molecule has 1 amide bonds. The van der Waals surface area contributed by atoms with Crippen LogP contribution in [0.15, 0.2) is 60.9 Å². The average Bonchev–Trinajstić information content (AvgIpc) is 2.97. The second-order valence-electron chi connectivity index (χ2n) is 9.32. The minimum Gasteiger partial charge on any atom is -0.497 e. The smallest absolute Gasteiger partial charge is 0.254 e. The molecule has 0 radical (unpaired) electrons. The van der Waals surface area contributed by atoms with E-state index in [9.17, 15) is 4.79 Å². The summed E-state index contributed by atoms with van der Waals surface area (Å²) in [4.78, 5) is 28.9. The number of methoxy groups -OCH3 is 1. The average molecular weight is 503 g/mol. The lowest BCUT2D eigenvalue weighted by Gasteiger charge is -2.36. The topological polar surface area (TPSA) is 83.1 Å². The van der Waals surface area contributed by atoms with Gasteiger partial charge in [0.05, 0.1) is 20.3 Å². The molecule has 0 aliphatic carbocycles. The van der Waals surface area contributed by atoms with Crippen molar-refractivity contribution in [1.29, 1.82) is 0 Å². The lowest BCUT2D eigenvalue weighted by atomic mass is 10.1. The van der Waals surface area contributed by atoms with E-state index in [1.807, 2.05) is 53.4 Å². The van der Waals surface area contributed by atoms with Gasteiger partial charge >= 0.3 is 0 Å². The zero-order valence-electron chi connectivity index (χ0n) is 21.3. The van der Waals surface area contributed by atoms with E-state index >= 15 is 0 Å². The van der Waals surface area contributed by atoms with Gasteiger partial charge in [0.2, 0.25) is 5.95 Å². The van der Waals surface area contributed by atoms with Gasteiger partial charge in [0.25, 0.3) is 5.91 Å². The van der Waals surface area contributed by atoms with Crippen LogP contribution in [-0.2, 0) is 4.74 Å². The van der Waals surface area contributed by atoms with Crippen LogP contribution in [0, 0.1) is 0 Å². The SMILES string of the molecule is COc1ccc(-c2cnc(Nc3cccc(C(=O)N4CCN(CCN5CCOCC5)CC4)c3)nc2)cc1. The maximum absolute atomic E-state index is 13.2. The molecule has 0 saturated carbocycles. The molecular weight excluding hydrogens is 468 g/mol. The Morgan fingerprint density at radius 2 is 1.57 bits per heavy atom. The number of aromatic nitrogens is 2. The van der Waals surface area contributed by atoms with E-state index in [1.54, 1.807) is 19.5 Å². The van der Waals surface area contributed by atoms with Crippen molar-refractivity contribution in [2.45, 2.75) is 0 Å². The summed E-state index contributed by atoms with van der Waals surface area (Å²) in [7, 11) is 1.65. The molecule has 2 aromatic carbocycles. The third-order valence-electron chi connectivity index (χ3n) is 6.94. The lowest BCUT2D eigenvalue weighted by molar-refractivity contribution is 0.0293. The molecule has 2 aliphatic heterocycles. The number of morpholine rings is 1. The van der Waals surface area contributed by atoms with Crippen molar-refractivity contribution in [3.05, 3.63) is 66.5 Å². The summed E-state index contributed by atoms with van der Waals surface area (Å²) < 4.78 is 10.6. The highest BCUT2D eigenvalue weighted by Gasteiger charge is 2.23. The van der Waals surface area contributed by atoms with Crippen molar-refractivity contribution in [1.82, 2.24) is 24.7 Å². The summed E-state index contributed by atoms with van der Waals surface area (Å²) in [5.74, 6) is 1.35. The highest BCUT2D eigenvalue weighted by molar-refractivity contribution is 5.95. The summed E-state index contributed by atoms with van der Waals surface area (Å²) in [6.07, 6.45) is 3.56. The van der Waals surface area contributed by atoms with Gasteiger partial charge in [-0.3, -0.25) is 14.6 Å². The van der Waals surface area contributed by atoms with Crippen LogP contribution in [0.4, 0.5) is 11.6 Å². The lowest BCUT2D eigenvalue weighted by Crippen LogP contribution is -2.51. The molecule has 0 bridgehead atoms. The van der Waals surface area contributed by atoms with Gasteiger partial charge in [0, 0.05) is 81.6 Å². The second-order valence-corrected chi connectivity index (χ2v) is 9.32. The number of amides is 1. The van der Waals surface area contributed by atoms with Gasteiger partial charge in [0.1, 0.15) is 5.75 Å². The van der Waals surface area contributed by atoms with Crippen LogP contribution in [0.3, 0.4) is 0 Å². The van der Waals surface area contributed by atoms with Crippen molar-refractivity contribution in [2.24, 2.45) is 0 Å². The van der Waals surface area contributed by atoms with Gasteiger partial charge in [0.15, 0.2) is 0 Å². The molecule has 3 heterocycles. The van der Waals surface area contributed by atoms with Gasteiger partial charge in [-0.1, -0.05) is 18.2 Å². The van der Waals surface area contributed by atoms with E-state index in [-0.39, 0.29) is 5.91 Å². The Morgan fingerprint density at radius 3 is 2.24 bits per heavy atom. The van der Waals surface area contributed by atoms with Crippen LogP contribution in [0.1, 0.15) is 10.4 Å².